The van der Waals surface area contributed by atoms with Gasteiger partial charge in [-0.25, -0.2) is 0 Å². The highest BCUT2D eigenvalue weighted by atomic mass is 16.2. The smallest absolute Gasteiger partial charge is 0.255 e. The number of amides is 1. The number of likely N-dealkylation sites (N-methyl/N-ethyl adjacent to an activating group) is 1. The molecule has 0 aliphatic carbocycles. The lowest BCUT2D eigenvalue weighted by molar-refractivity contribution is 0.0935. The number of aromatic amines is 1. The van der Waals surface area contributed by atoms with Crippen LogP contribution in [0.15, 0.2) is 72.9 Å². The molecule has 3 aromatic carbocycles. The first-order valence-corrected chi connectivity index (χ1v) is 12.4. The summed E-state index contributed by atoms with van der Waals surface area (Å²) >= 11 is 0. The van der Waals surface area contributed by atoms with Gasteiger partial charge in [0.05, 0.1) is 23.1 Å². The number of piperazine rings is 1. The number of hydrogen-bond acceptors (Lipinski definition) is 5. The number of para-hydroxylation sites is 1. The molecule has 6 rings (SSSR count). The highest BCUT2D eigenvalue weighted by Crippen LogP contribution is 2.34. The molecule has 1 fully saturated rings. The molecule has 1 unspecified atom stereocenters. The molecular formula is C29H30N6O. The second-order valence-electron chi connectivity index (χ2n) is 9.66. The van der Waals surface area contributed by atoms with E-state index in [9.17, 15) is 4.79 Å². The summed E-state index contributed by atoms with van der Waals surface area (Å²) in [4.78, 5) is 17.6. The molecule has 2 aliphatic heterocycles. The first kappa shape index (κ1) is 22.4. The number of H-pyrrole nitrogens is 1. The maximum absolute atomic E-state index is 12.7. The third-order valence-electron chi connectivity index (χ3n) is 7.30. The molecule has 1 amide bonds. The second kappa shape index (κ2) is 9.17. The fourth-order valence-electron chi connectivity index (χ4n) is 5.10. The number of hydrogen-bond donors (Lipinski definition) is 3. The summed E-state index contributed by atoms with van der Waals surface area (Å²) in [7, 11) is 2.18. The number of fused-ring (bicyclic) bond motifs is 1. The zero-order chi connectivity index (χ0) is 24.6. The molecule has 0 spiro atoms. The van der Waals surface area contributed by atoms with E-state index in [1.165, 1.54) is 16.8 Å². The van der Waals surface area contributed by atoms with Crippen LogP contribution in [0, 0.1) is 6.92 Å². The maximum Gasteiger partial charge on any atom is 0.255 e. The van der Waals surface area contributed by atoms with E-state index < -0.39 is 0 Å². The van der Waals surface area contributed by atoms with Gasteiger partial charge in [-0.05, 0) is 54.4 Å². The zero-order valence-electron chi connectivity index (χ0n) is 20.6. The van der Waals surface area contributed by atoms with Gasteiger partial charge < -0.3 is 20.4 Å². The third-order valence-corrected chi connectivity index (χ3v) is 7.30. The maximum atomic E-state index is 12.7. The van der Waals surface area contributed by atoms with E-state index in [1.807, 2.05) is 25.1 Å². The molecule has 0 bridgehead atoms. The molecule has 4 aromatic rings. The number of carbonyl (C=O) groups is 1. The third kappa shape index (κ3) is 4.12. The molecule has 182 valence electrons. The normalized spacial score (nSPS) is 17.9. The van der Waals surface area contributed by atoms with Crippen LogP contribution in [0.5, 0.6) is 0 Å². The Morgan fingerprint density at radius 1 is 0.833 bits per heavy atom. The largest absolute Gasteiger partial charge is 0.369 e. The van der Waals surface area contributed by atoms with E-state index >= 15 is 0 Å². The average Bonchev–Trinajstić information content (AvgIpc) is 3.40. The lowest BCUT2D eigenvalue weighted by Gasteiger charge is -2.34. The van der Waals surface area contributed by atoms with Crippen LogP contribution < -0.4 is 15.5 Å². The number of nitrogens with one attached hydrogen (secondary N) is 3. The monoisotopic (exact) mass is 478 g/mol. The van der Waals surface area contributed by atoms with Crippen molar-refractivity contribution in [3.63, 3.8) is 0 Å². The van der Waals surface area contributed by atoms with Crippen LogP contribution in [0.1, 0.15) is 27.7 Å². The molecule has 3 heterocycles. The number of aromatic nitrogens is 2. The minimum Gasteiger partial charge on any atom is -0.369 e. The standard InChI is InChI=1S/C29H30N6O/c1-19-4-3-5-24-26(19)31-28(32-29(24)36)25-18-30-33-27(25)22-8-6-20(7-9-22)21-10-12-23(13-11-21)35-16-14-34(2)15-17-35/h3-13,18,28,31H,14-17H2,1-2H3,(H,30,33)(H,32,36). The Morgan fingerprint density at radius 2 is 1.50 bits per heavy atom. The van der Waals surface area contributed by atoms with Crippen LogP contribution in [-0.4, -0.2) is 54.2 Å². The molecule has 0 radical (unpaired) electrons. The van der Waals surface area contributed by atoms with Crippen LogP contribution in [0.3, 0.4) is 0 Å². The molecule has 1 saturated heterocycles. The summed E-state index contributed by atoms with van der Waals surface area (Å²) in [6.07, 6.45) is 1.42. The van der Waals surface area contributed by atoms with E-state index in [4.69, 9.17) is 0 Å². The Bertz CT molecular complexity index is 1380. The van der Waals surface area contributed by atoms with Crippen LogP contribution in [0.2, 0.25) is 0 Å². The summed E-state index contributed by atoms with van der Waals surface area (Å²) in [5.74, 6) is -0.0834. The predicted octanol–water partition coefficient (Wildman–Crippen LogP) is 4.66. The quantitative estimate of drug-likeness (QED) is 0.398. The van der Waals surface area contributed by atoms with Crippen molar-refractivity contribution in [3.05, 3.63) is 89.6 Å². The Morgan fingerprint density at radius 3 is 2.22 bits per heavy atom. The number of anilines is 2. The van der Waals surface area contributed by atoms with Crippen molar-refractivity contribution < 1.29 is 4.79 Å². The number of benzene rings is 3. The van der Waals surface area contributed by atoms with Crippen molar-refractivity contribution in [1.29, 1.82) is 0 Å². The van der Waals surface area contributed by atoms with Gasteiger partial charge in [-0.3, -0.25) is 9.89 Å². The molecule has 1 atom stereocenters. The van der Waals surface area contributed by atoms with Gasteiger partial charge >= 0.3 is 0 Å². The summed E-state index contributed by atoms with van der Waals surface area (Å²) in [6.45, 7) is 6.35. The summed E-state index contributed by atoms with van der Waals surface area (Å²) in [5.41, 5.74) is 9.03. The average molecular weight is 479 g/mol. The SMILES string of the molecule is Cc1cccc2c1NC(c1cn[nH]c1-c1ccc(-c3ccc(N4CCN(C)CC4)cc3)cc1)NC2=O. The highest BCUT2D eigenvalue weighted by molar-refractivity contribution is 6.02. The molecule has 1 aromatic heterocycles. The Balaban J connectivity index is 1.21. The highest BCUT2D eigenvalue weighted by Gasteiger charge is 2.28. The zero-order valence-corrected chi connectivity index (χ0v) is 20.6. The van der Waals surface area contributed by atoms with Gasteiger partial charge in [-0.2, -0.15) is 5.10 Å². The number of nitrogens with zero attached hydrogens (tertiary/aromatic N) is 3. The molecule has 7 nitrogen and oxygen atoms in total. The van der Waals surface area contributed by atoms with Crippen LogP contribution in [0.4, 0.5) is 11.4 Å². The first-order valence-electron chi connectivity index (χ1n) is 12.4. The van der Waals surface area contributed by atoms with Gasteiger partial charge in [0.15, 0.2) is 0 Å². The van der Waals surface area contributed by atoms with Crippen LogP contribution in [-0.2, 0) is 0 Å². The van der Waals surface area contributed by atoms with Crippen LogP contribution >= 0.6 is 0 Å². The van der Waals surface area contributed by atoms with Gasteiger partial charge in [0.25, 0.3) is 5.91 Å². The molecular weight excluding hydrogens is 448 g/mol. The lowest BCUT2D eigenvalue weighted by atomic mass is 9.99. The van der Waals surface area contributed by atoms with E-state index in [-0.39, 0.29) is 12.1 Å². The number of rotatable bonds is 4. The first-order chi connectivity index (χ1) is 17.6. The Kier molecular flexibility index (Phi) is 5.70. The van der Waals surface area contributed by atoms with E-state index in [2.05, 4.69) is 86.2 Å². The molecule has 2 aliphatic rings. The van der Waals surface area contributed by atoms with Crippen molar-refractivity contribution in [3.8, 4) is 22.4 Å². The number of carbonyl (C=O) groups excluding carboxylic acids is 1. The fourth-order valence-corrected chi connectivity index (χ4v) is 5.10. The predicted molar refractivity (Wildman–Crippen MR) is 144 cm³/mol. The Labute approximate surface area is 211 Å². The van der Waals surface area contributed by atoms with Gasteiger partial charge in [0, 0.05) is 37.4 Å². The van der Waals surface area contributed by atoms with Crippen molar-refractivity contribution in [2.45, 2.75) is 13.1 Å². The van der Waals surface area contributed by atoms with Crippen molar-refractivity contribution in [2.75, 3.05) is 43.4 Å². The van der Waals surface area contributed by atoms with Crippen molar-refractivity contribution >= 4 is 17.3 Å². The van der Waals surface area contributed by atoms with Crippen LogP contribution in [0.25, 0.3) is 22.4 Å². The summed E-state index contributed by atoms with van der Waals surface area (Å²) < 4.78 is 0. The minimum atomic E-state index is -0.360. The van der Waals surface area contributed by atoms with Crippen molar-refractivity contribution in [2.24, 2.45) is 0 Å². The summed E-state index contributed by atoms with van der Waals surface area (Å²) in [6, 6.07) is 23.1. The van der Waals surface area contributed by atoms with Gasteiger partial charge in [-0.1, -0.05) is 48.5 Å². The molecule has 3 N–H and O–H groups in total. The topological polar surface area (TPSA) is 76.3 Å². The number of aryl methyl sites for hydroxylation is 1. The fraction of sp³-hybridized carbons (Fsp3) is 0.241. The second-order valence-corrected chi connectivity index (χ2v) is 9.66. The molecule has 7 heteroatoms. The Hall–Kier alpha value is -4.10. The lowest BCUT2D eigenvalue weighted by Crippen LogP contribution is -2.44. The van der Waals surface area contributed by atoms with Gasteiger partial charge in [-0.15, -0.1) is 0 Å². The molecule has 36 heavy (non-hydrogen) atoms. The van der Waals surface area contributed by atoms with E-state index in [0.29, 0.717) is 5.56 Å². The summed E-state index contributed by atoms with van der Waals surface area (Å²) in [5, 5.41) is 14.0. The van der Waals surface area contributed by atoms with Crippen molar-refractivity contribution in [1.82, 2.24) is 20.4 Å². The van der Waals surface area contributed by atoms with Gasteiger partial charge in [0.1, 0.15) is 6.17 Å². The van der Waals surface area contributed by atoms with E-state index in [0.717, 1.165) is 54.3 Å². The molecule has 0 saturated carbocycles. The minimum absolute atomic E-state index is 0.0834. The van der Waals surface area contributed by atoms with E-state index in [1.54, 1.807) is 6.20 Å². The van der Waals surface area contributed by atoms with Gasteiger partial charge in [0.2, 0.25) is 0 Å².